The van der Waals surface area contributed by atoms with E-state index < -0.39 is 11.9 Å². The fourth-order valence-electron chi connectivity index (χ4n) is 2.01. The van der Waals surface area contributed by atoms with Crippen LogP contribution in [-0.4, -0.2) is 56.1 Å². The van der Waals surface area contributed by atoms with Crippen molar-refractivity contribution in [2.45, 2.75) is 58.0 Å². The summed E-state index contributed by atoms with van der Waals surface area (Å²) in [6.45, 7) is 5.92. The Morgan fingerprint density at radius 3 is 2.46 bits per heavy atom. The van der Waals surface area contributed by atoms with E-state index in [1.54, 1.807) is 0 Å². The summed E-state index contributed by atoms with van der Waals surface area (Å²) < 4.78 is 5.35. The van der Waals surface area contributed by atoms with E-state index in [0.29, 0.717) is 51.4 Å². The monoisotopic (exact) mass is 368 g/mol. The van der Waals surface area contributed by atoms with E-state index in [0.717, 1.165) is 0 Å². The van der Waals surface area contributed by atoms with E-state index >= 15 is 0 Å². The summed E-state index contributed by atoms with van der Waals surface area (Å²) in [4.78, 5) is 34.5. The molecule has 0 aliphatic rings. The van der Waals surface area contributed by atoms with Crippen LogP contribution in [0.2, 0.25) is 0 Å². The molecule has 0 radical (unpaired) electrons. The van der Waals surface area contributed by atoms with Crippen LogP contribution in [0.3, 0.4) is 0 Å². The number of nitrogens with one attached hydrogen (secondary N) is 3. The number of carbonyl (C=O) groups excluding carboxylic acids is 3. The Morgan fingerprint density at radius 2 is 1.85 bits per heavy atom. The highest BCUT2D eigenvalue weighted by molar-refractivity contribution is 5.86. The van der Waals surface area contributed by atoms with Crippen LogP contribution in [0.15, 0.2) is 0 Å². The van der Waals surface area contributed by atoms with Gasteiger partial charge in [0.15, 0.2) is 0 Å². The third kappa shape index (κ3) is 14.3. The van der Waals surface area contributed by atoms with Crippen LogP contribution in [0.25, 0.3) is 0 Å². The first-order valence-corrected chi connectivity index (χ1v) is 8.96. The molecule has 0 aromatic carbocycles. The van der Waals surface area contributed by atoms with E-state index in [1.807, 2.05) is 13.8 Å². The van der Waals surface area contributed by atoms with Gasteiger partial charge in [-0.1, -0.05) is 13.8 Å². The predicted octanol–water partition coefficient (Wildman–Crippen LogP) is -0.329. The Labute approximate surface area is 156 Å². The van der Waals surface area contributed by atoms with Crippen molar-refractivity contribution < 1.29 is 19.1 Å². The summed E-state index contributed by atoms with van der Waals surface area (Å²) >= 11 is 0. The van der Waals surface area contributed by atoms with Crippen molar-refractivity contribution in [1.29, 1.82) is 0 Å². The number of hydrogen-bond donors (Lipinski definition) is 4. The number of nitrogens with two attached hydrogens (primary N) is 1. The number of rotatable bonds is 15. The Hall–Kier alpha value is -2.11. The Morgan fingerprint density at radius 1 is 1.12 bits per heavy atom. The molecule has 0 heterocycles. The topological polar surface area (TPSA) is 123 Å². The summed E-state index contributed by atoms with van der Waals surface area (Å²) in [5.41, 5.74) is 5.21. The lowest BCUT2D eigenvalue weighted by Crippen LogP contribution is -2.44. The number of carbonyl (C=O) groups is 3. The second-order valence-electron chi connectivity index (χ2n) is 6.19. The maximum atomic E-state index is 11.7. The lowest BCUT2D eigenvalue weighted by atomic mass is 10.1. The molecule has 0 aromatic heterocycles. The van der Waals surface area contributed by atoms with Crippen molar-refractivity contribution in [2.75, 3.05) is 26.3 Å². The molecule has 0 saturated carbocycles. The molecule has 8 heteroatoms. The van der Waals surface area contributed by atoms with Crippen LogP contribution in [-0.2, 0) is 19.1 Å². The van der Waals surface area contributed by atoms with Crippen LogP contribution >= 0.6 is 0 Å². The van der Waals surface area contributed by atoms with Gasteiger partial charge in [0.25, 0.3) is 0 Å². The molecule has 0 fully saturated rings. The molecule has 26 heavy (non-hydrogen) atoms. The van der Waals surface area contributed by atoms with Gasteiger partial charge in [-0.25, -0.2) is 0 Å². The standard InChI is InChI=1S/C18H32N4O4/c1-4-5-7-15(18(19)25)22-17(24)9-13-26-12-6-10-21-16(23)8-11-20-14(2)3/h1,14-15,20H,5-13H2,2-3H3,(H2,19,25)(H,21,23)(H,22,24). The van der Waals surface area contributed by atoms with E-state index in [2.05, 4.69) is 21.9 Å². The van der Waals surface area contributed by atoms with Crippen molar-refractivity contribution in [3.8, 4) is 12.3 Å². The molecule has 0 spiro atoms. The zero-order valence-electron chi connectivity index (χ0n) is 15.8. The highest BCUT2D eigenvalue weighted by Gasteiger charge is 2.16. The predicted molar refractivity (Wildman–Crippen MR) is 100 cm³/mol. The second kappa shape index (κ2) is 15.2. The average Bonchev–Trinajstić information content (AvgIpc) is 2.57. The summed E-state index contributed by atoms with van der Waals surface area (Å²) in [7, 11) is 0. The maximum absolute atomic E-state index is 11.7. The molecular weight excluding hydrogens is 336 g/mol. The molecule has 0 saturated heterocycles. The molecule has 5 N–H and O–H groups in total. The Kier molecular flexibility index (Phi) is 13.9. The first kappa shape index (κ1) is 23.9. The number of ether oxygens (including phenoxy) is 1. The fourth-order valence-corrected chi connectivity index (χ4v) is 2.01. The van der Waals surface area contributed by atoms with E-state index in [-0.39, 0.29) is 24.8 Å². The zero-order chi connectivity index (χ0) is 19.8. The molecule has 8 nitrogen and oxygen atoms in total. The SMILES string of the molecule is C#CCCC(NC(=O)CCOCCCNC(=O)CCNC(C)C)C(N)=O. The van der Waals surface area contributed by atoms with E-state index in [1.165, 1.54) is 0 Å². The molecule has 148 valence electrons. The van der Waals surface area contributed by atoms with Gasteiger partial charge in [-0.05, 0) is 12.8 Å². The molecule has 1 atom stereocenters. The van der Waals surface area contributed by atoms with Crippen LogP contribution in [0, 0.1) is 12.3 Å². The average molecular weight is 368 g/mol. The van der Waals surface area contributed by atoms with Gasteiger partial charge < -0.3 is 26.4 Å². The highest BCUT2D eigenvalue weighted by Crippen LogP contribution is 1.97. The second-order valence-corrected chi connectivity index (χ2v) is 6.19. The van der Waals surface area contributed by atoms with Gasteiger partial charge in [0.05, 0.1) is 6.61 Å². The van der Waals surface area contributed by atoms with Crippen molar-refractivity contribution >= 4 is 17.7 Å². The van der Waals surface area contributed by atoms with Gasteiger partial charge in [-0.3, -0.25) is 14.4 Å². The van der Waals surface area contributed by atoms with Gasteiger partial charge in [0.1, 0.15) is 6.04 Å². The molecule has 0 aliphatic carbocycles. The third-order valence-corrected chi connectivity index (χ3v) is 3.42. The number of hydrogen-bond acceptors (Lipinski definition) is 5. The van der Waals surface area contributed by atoms with Crippen LogP contribution in [0.4, 0.5) is 0 Å². The quantitative estimate of drug-likeness (QED) is 0.233. The number of terminal acetylenes is 1. The molecule has 0 rings (SSSR count). The molecule has 3 amide bonds. The minimum atomic E-state index is -0.751. The van der Waals surface area contributed by atoms with Crippen molar-refractivity contribution in [2.24, 2.45) is 5.73 Å². The van der Waals surface area contributed by atoms with E-state index in [4.69, 9.17) is 16.9 Å². The Bertz CT molecular complexity index is 474. The van der Waals surface area contributed by atoms with Gasteiger partial charge in [0, 0.05) is 45.0 Å². The van der Waals surface area contributed by atoms with Crippen LogP contribution in [0.1, 0.15) is 46.0 Å². The fraction of sp³-hybridized carbons (Fsp3) is 0.722. The van der Waals surface area contributed by atoms with Crippen LogP contribution in [0.5, 0.6) is 0 Å². The van der Waals surface area contributed by atoms with E-state index in [9.17, 15) is 14.4 Å². The van der Waals surface area contributed by atoms with Crippen LogP contribution < -0.4 is 21.7 Å². The summed E-state index contributed by atoms with van der Waals surface area (Å²) in [5.74, 6) is 1.50. The Balaban J connectivity index is 3.64. The lowest BCUT2D eigenvalue weighted by Gasteiger charge is -2.14. The minimum absolute atomic E-state index is 0.00184. The van der Waals surface area contributed by atoms with Gasteiger partial charge in [-0.2, -0.15) is 0 Å². The largest absolute Gasteiger partial charge is 0.381 e. The van der Waals surface area contributed by atoms with Gasteiger partial charge >= 0.3 is 0 Å². The number of amides is 3. The highest BCUT2D eigenvalue weighted by atomic mass is 16.5. The van der Waals surface area contributed by atoms with Crippen molar-refractivity contribution in [1.82, 2.24) is 16.0 Å². The van der Waals surface area contributed by atoms with Gasteiger partial charge in [0.2, 0.25) is 17.7 Å². The first-order valence-electron chi connectivity index (χ1n) is 8.96. The molecule has 1 unspecified atom stereocenters. The molecule has 0 bridgehead atoms. The smallest absolute Gasteiger partial charge is 0.240 e. The molecule has 0 aliphatic heterocycles. The summed E-state index contributed by atoms with van der Waals surface area (Å²) in [6, 6.07) is -0.386. The normalized spacial score (nSPS) is 11.6. The minimum Gasteiger partial charge on any atom is -0.381 e. The first-order chi connectivity index (χ1) is 12.4. The molecular formula is C18H32N4O4. The number of primary amides is 1. The van der Waals surface area contributed by atoms with Gasteiger partial charge in [-0.15, -0.1) is 12.3 Å². The summed E-state index contributed by atoms with van der Waals surface area (Å²) in [6.07, 6.45) is 7.07. The third-order valence-electron chi connectivity index (χ3n) is 3.42. The molecule has 0 aromatic rings. The van der Waals surface area contributed by atoms with Crippen molar-refractivity contribution in [3.05, 3.63) is 0 Å². The lowest BCUT2D eigenvalue weighted by molar-refractivity contribution is -0.128. The van der Waals surface area contributed by atoms with Crippen molar-refractivity contribution in [3.63, 3.8) is 0 Å². The maximum Gasteiger partial charge on any atom is 0.240 e. The summed E-state index contributed by atoms with van der Waals surface area (Å²) in [5, 5.41) is 8.53. The zero-order valence-corrected chi connectivity index (χ0v) is 15.8.